The number of alkyl halides is 1. The van der Waals surface area contributed by atoms with Gasteiger partial charge in [0.1, 0.15) is 11.4 Å². The molecule has 12 heavy (non-hydrogen) atoms. The summed E-state index contributed by atoms with van der Waals surface area (Å²) in [5, 5.41) is 8.11. The van der Waals surface area contributed by atoms with Gasteiger partial charge in [-0.25, -0.2) is 12.8 Å². The first-order valence-corrected chi connectivity index (χ1v) is 5.35. The minimum Gasteiger partial charge on any atom is -0.244 e. The molecule has 0 aromatic carbocycles. The van der Waals surface area contributed by atoms with Crippen molar-refractivity contribution in [3.63, 3.8) is 0 Å². The van der Waals surface area contributed by atoms with Gasteiger partial charge in [-0.3, -0.25) is 0 Å². The molecule has 5 heteroatoms. The third kappa shape index (κ3) is 6.10. The van der Waals surface area contributed by atoms with E-state index in [0.29, 0.717) is 0 Å². The van der Waals surface area contributed by atoms with Crippen LogP contribution in [0, 0.1) is 11.3 Å². The summed E-state index contributed by atoms with van der Waals surface area (Å²) in [6.45, 7) is 2.63. The van der Waals surface area contributed by atoms with Crippen LogP contribution in [-0.2, 0) is 9.84 Å². The maximum atomic E-state index is 12.8. The Morgan fingerprint density at radius 1 is 1.50 bits per heavy atom. The van der Waals surface area contributed by atoms with E-state index in [-0.39, 0.29) is 12.2 Å². The molecule has 0 unspecified atom stereocenters. The summed E-state index contributed by atoms with van der Waals surface area (Å²) < 4.78 is 34.6. The highest BCUT2D eigenvalue weighted by Crippen LogP contribution is 2.14. The van der Waals surface area contributed by atoms with Crippen molar-refractivity contribution in [2.75, 3.05) is 11.5 Å². The van der Waals surface area contributed by atoms with Crippen LogP contribution in [0.2, 0.25) is 0 Å². The van der Waals surface area contributed by atoms with Crippen molar-refractivity contribution < 1.29 is 12.8 Å². The van der Waals surface area contributed by atoms with Crippen molar-refractivity contribution in [1.29, 1.82) is 5.26 Å². The van der Waals surface area contributed by atoms with Gasteiger partial charge in [0, 0.05) is 0 Å². The number of hydrogen-bond donors (Lipinski definition) is 0. The van der Waals surface area contributed by atoms with Crippen LogP contribution in [0.1, 0.15) is 20.3 Å². The van der Waals surface area contributed by atoms with Gasteiger partial charge in [-0.05, 0) is 20.3 Å². The van der Waals surface area contributed by atoms with Crippen LogP contribution in [0.3, 0.4) is 0 Å². The SMILES string of the molecule is CC(C)(F)CCS(=O)(=O)CC#N. The number of nitriles is 1. The number of halogens is 1. The van der Waals surface area contributed by atoms with Gasteiger partial charge in [0.15, 0.2) is 9.84 Å². The smallest absolute Gasteiger partial charge is 0.163 e. The molecular formula is C7H12FNO2S. The van der Waals surface area contributed by atoms with Gasteiger partial charge < -0.3 is 0 Å². The second kappa shape index (κ2) is 3.85. The molecule has 0 aliphatic carbocycles. The average molecular weight is 193 g/mol. The zero-order valence-corrected chi connectivity index (χ0v) is 7.99. The lowest BCUT2D eigenvalue weighted by Gasteiger charge is -2.12. The lowest BCUT2D eigenvalue weighted by atomic mass is 10.1. The minimum atomic E-state index is -3.37. The van der Waals surface area contributed by atoms with Crippen molar-refractivity contribution in [3.8, 4) is 6.07 Å². The van der Waals surface area contributed by atoms with Crippen LogP contribution < -0.4 is 0 Å². The van der Waals surface area contributed by atoms with Gasteiger partial charge in [0.2, 0.25) is 0 Å². The number of rotatable bonds is 4. The molecule has 0 N–H and O–H groups in total. The third-order valence-corrected chi connectivity index (χ3v) is 2.69. The van der Waals surface area contributed by atoms with E-state index in [0.717, 1.165) is 0 Å². The highest BCUT2D eigenvalue weighted by atomic mass is 32.2. The Kier molecular flexibility index (Phi) is 3.65. The number of sulfone groups is 1. The maximum absolute atomic E-state index is 12.8. The molecule has 0 aromatic heterocycles. The third-order valence-electron chi connectivity index (χ3n) is 1.29. The summed E-state index contributed by atoms with van der Waals surface area (Å²) in [5.74, 6) is -0.785. The normalized spacial score (nSPS) is 12.5. The topological polar surface area (TPSA) is 57.9 Å². The fourth-order valence-corrected chi connectivity index (χ4v) is 1.71. The van der Waals surface area contributed by atoms with Gasteiger partial charge in [-0.15, -0.1) is 0 Å². The summed E-state index contributed by atoms with van der Waals surface area (Å²) in [6.07, 6.45) is -0.0585. The molecule has 0 heterocycles. The molecule has 0 aliphatic heterocycles. The molecule has 0 rings (SSSR count). The first-order valence-electron chi connectivity index (χ1n) is 3.53. The molecule has 0 spiro atoms. The molecule has 0 radical (unpaired) electrons. The zero-order valence-electron chi connectivity index (χ0n) is 7.17. The van der Waals surface area contributed by atoms with Crippen molar-refractivity contribution in [2.45, 2.75) is 25.9 Å². The monoisotopic (exact) mass is 193 g/mol. The second-order valence-electron chi connectivity index (χ2n) is 3.22. The molecule has 0 aliphatic rings. The van der Waals surface area contributed by atoms with Gasteiger partial charge in [-0.1, -0.05) is 0 Å². The summed E-state index contributed by atoms with van der Waals surface area (Å²) in [5.41, 5.74) is -1.48. The minimum absolute atomic E-state index is 0.0585. The van der Waals surface area contributed by atoms with E-state index < -0.39 is 21.3 Å². The quantitative estimate of drug-likeness (QED) is 0.670. The van der Waals surface area contributed by atoms with Crippen molar-refractivity contribution in [1.82, 2.24) is 0 Å². The molecule has 0 atom stereocenters. The number of hydrogen-bond acceptors (Lipinski definition) is 3. The summed E-state index contributed by atoms with van der Waals surface area (Å²) >= 11 is 0. The molecule has 0 saturated heterocycles. The molecule has 0 saturated carbocycles. The summed E-state index contributed by atoms with van der Waals surface area (Å²) in [4.78, 5) is 0. The van der Waals surface area contributed by atoms with Gasteiger partial charge in [-0.2, -0.15) is 5.26 Å². The Morgan fingerprint density at radius 3 is 2.33 bits per heavy atom. The average Bonchev–Trinajstić information content (AvgIpc) is 1.83. The van der Waals surface area contributed by atoms with Crippen molar-refractivity contribution in [2.24, 2.45) is 0 Å². The van der Waals surface area contributed by atoms with Crippen molar-refractivity contribution >= 4 is 9.84 Å². The van der Waals surface area contributed by atoms with E-state index in [2.05, 4.69) is 0 Å². The molecule has 0 fully saturated rings. The zero-order chi connectivity index (χ0) is 9.83. The van der Waals surface area contributed by atoms with E-state index >= 15 is 0 Å². The maximum Gasteiger partial charge on any atom is 0.163 e. The molecule has 0 aromatic rings. The van der Waals surface area contributed by atoms with Crippen molar-refractivity contribution in [3.05, 3.63) is 0 Å². The predicted octanol–water partition coefficient (Wildman–Crippen LogP) is 1.06. The Balaban J connectivity index is 4.05. The van der Waals surface area contributed by atoms with E-state index in [9.17, 15) is 12.8 Å². The van der Waals surface area contributed by atoms with Crippen LogP contribution in [0.15, 0.2) is 0 Å². The summed E-state index contributed by atoms with van der Waals surface area (Å²) in [6, 6.07) is 1.53. The Labute approximate surface area is 72.1 Å². The molecule has 70 valence electrons. The number of nitrogens with zero attached hydrogens (tertiary/aromatic N) is 1. The molecule has 0 bridgehead atoms. The fourth-order valence-electron chi connectivity index (χ4n) is 0.569. The first kappa shape index (κ1) is 11.4. The molecule has 3 nitrogen and oxygen atoms in total. The lowest BCUT2D eigenvalue weighted by molar-refractivity contribution is 0.211. The highest BCUT2D eigenvalue weighted by molar-refractivity contribution is 7.91. The van der Waals surface area contributed by atoms with Crippen LogP contribution >= 0.6 is 0 Å². The van der Waals surface area contributed by atoms with E-state index in [4.69, 9.17) is 5.26 Å². The van der Waals surface area contributed by atoms with E-state index in [1.165, 1.54) is 19.9 Å². The molecule has 0 amide bonds. The van der Waals surface area contributed by atoms with Gasteiger partial charge in [0.05, 0.1) is 11.8 Å². The Hall–Kier alpha value is -0.630. The predicted molar refractivity (Wildman–Crippen MR) is 44.1 cm³/mol. The van der Waals surface area contributed by atoms with Gasteiger partial charge >= 0.3 is 0 Å². The molecular weight excluding hydrogens is 181 g/mol. The lowest BCUT2D eigenvalue weighted by Crippen LogP contribution is -2.20. The van der Waals surface area contributed by atoms with E-state index in [1.54, 1.807) is 0 Å². The largest absolute Gasteiger partial charge is 0.244 e. The van der Waals surface area contributed by atoms with Gasteiger partial charge in [0.25, 0.3) is 0 Å². The van der Waals surface area contributed by atoms with Crippen LogP contribution in [0.4, 0.5) is 4.39 Å². The van der Waals surface area contributed by atoms with Crippen LogP contribution in [-0.4, -0.2) is 25.6 Å². The summed E-state index contributed by atoms with van der Waals surface area (Å²) in [7, 11) is -3.37. The first-order chi connectivity index (χ1) is 5.27. The Bertz CT molecular complexity index is 271. The van der Waals surface area contributed by atoms with Crippen LogP contribution in [0.5, 0.6) is 0 Å². The second-order valence-corrected chi connectivity index (χ2v) is 5.40. The Morgan fingerprint density at radius 2 is 2.00 bits per heavy atom. The standard InChI is InChI=1S/C7H12FNO2S/c1-7(2,8)3-5-12(10,11)6-4-9/h3,5-6H2,1-2H3. The van der Waals surface area contributed by atoms with Crippen LogP contribution in [0.25, 0.3) is 0 Å². The fraction of sp³-hybridized carbons (Fsp3) is 0.857. The highest BCUT2D eigenvalue weighted by Gasteiger charge is 2.20. The van der Waals surface area contributed by atoms with E-state index in [1.807, 2.05) is 0 Å².